The number of fused-ring (bicyclic) bond motifs is 1. The van der Waals surface area contributed by atoms with Crippen LogP contribution in [0, 0.1) is 11.8 Å². The summed E-state index contributed by atoms with van der Waals surface area (Å²) in [7, 11) is 0. The SMILES string of the molecule is CC[C@H](C)[C@H](CC(=O)Cc1nn[nH]n1)C(=O)NCC(=O)N1c2ncccc2C[C@H]1C(=O)NC(C=O)CC(=O)O. The molecule has 0 aromatic carbocycles. The van der Waals surface area contributed by atoms with Gasteiger partial charge in [-0.15, -0.1) is 10.2 Å². The molecule has 4 N–H and O–H groups in total. The maximum Gasteiger partial charge on any atom is 0.305 e. The van der Waals surface area contributed by atoms with E-state index in [0.29, 0.717) is 18.3 Å². The van der Waals surface area contributed by atoms with Crippen molar-refractivity contribution in [3.63, 3.8) is 0 Å². The van der Waals surface area contributed by atoms with Crippen molar-refractivity contribution in [1.29, 1.82) is 0 Å². The molecule has 0 radical (unpaired) electrons. The highest BCUT2D eigenvalue weighted by Crippen LogP contribution is 2.30. The summed E-state index contributed by atoms with van der Waals surface area (Å²) in [6.07, 6.45) is 1.68. The van der Waals surface area contributed by atoms with E-state index >= 15 is 0 Å². The summed E-state index contributed by atoms with van der Waals surface area (Å²) < 4.78 is 0. The zero-order valence-electron chi connectivity index (χ0n) is 21.5. The first-order valence-corrected chi connectivity index (χ1v) is 12.4. The van der Waals surface area contributed by atoms with Crippen molar-refractivity contribution in [2.45, 2.75) is 58.0 Å². The first-order chi connectivity index (χ1) is 18.6. The van der Waals surface area contributed by atoms with E-state index in [4.69, 9.17) is 5.11 Å². The topological polar surface area (TPSA) is 217 Å². The van der Waals surface area contributed by atoms with Gasteiger partial charge in [0.1, 0.15) is 23.9 Å². The van der Waals surface area contributed by atoms with E-state index in [1.165, 1.54) is 6.20 Å². The lowest BCUT2D eigenvalue weighted by Gasteiger charge is -2.26. The molecule has 1 aliphatic rings. The molecule has 15 heteroatoms. The molecular formula is C24H30N8O7. The van der Waals surface area contributed by atoms with Crippen molar-refractivity contribution in [2.24, 2.45) is 11.8 Å². The summed E-state index contributed by atoms with van der Waals surface area (Å²) in [5.41, 5.74) is 0.600. The fraction of sp³-hybridized carbons (Fsp3) is 0.500. The lowest BCUT2D eigenvalue weighted by Crippen LogP contribution is -2.53. The van der Waals surface area contributed by atoms with Crippen LogP contribution >= 0.6 is 0 Å². The summed E-state index contributed by atoms with van der Waals surface area (Å²) in [6.45, 7) is 3.23. The second kappa shape index (κ2) is 13.3. The number of amides is 3. The number of aliphatic carboxylic acids is 1. The summed E-state index contributed by atoms with van der Waals surface area (Å²) in [5, 5.41) is 27.1. The minimum absolute atomic E-state index is 0.0840. The normalized spacial score (nSPS) is 16.5. The number of nitrogens with zero attached hydrogens (tertiary/aromatic N) is 5. The number of hydrogen-bond acceptors (Lipinski definition) is 10. The number of H-pyrrole nitrogens is 1. The van der Waals surface area contributed by atoms with Gasteiger partial charge in [0.05, 0.1) is 25.4 Å². The quantitative estimate of drug-likeness (QED) is 0.212. The maximum absolute atomic E-state index is 13.3. The van der Waals surface area contributed by atoms with Gasteiger partial charge in [0.25, 0.3) is 0 Å². The number of tetrazole rings is 1. The van der Waals surface area contributed by atoms with Crippen LogP contribution in [0.4, 0.5) is 5.82 Å². The number of carbonyl (C=O) groups is 6. The van der Waals surface area contributed by atoms with Crippen LogP contribution in [-0.2, 0) is 41.6 Å². The second-order valence-electron chi connectivity index (χ2n) is 9.28. The van der Waals surface area contributed by atoms with Crippen LogP contribution in [0.1, 0.15) is 44.5 Å². The van der Waals surface area contributed by atoms with Gasteiger partial charge in [-0.2, -0.15) is 5.21 Å². The van der Waals surface area contributed by atoms with E-state index in [-0.39, 0.29) is 42.6 Å². The Morgan fingerprint density at radius 2 is 2.03 bits per heavy atom. The van der Waals surface area contributed by atoms with Crippen LogP contribution in [0.25, 0.3) is 0 Å². The Morgan fingerprint density at radius 3 is 2.67 bits per heavy atom. The van der Waals surface area contributed by atoms with Crippen molar-refractivity contribution < 1.29 is 33.9 Å². The third-order valence-electron chi connectivity index (χ3n) is 6.55. The fourth-order valence-electron chi connectivity index (χ4n) is 4.32. The van der Waals surface area contributed by atoms with Gasteiger partial charge in [0.2, 0.25) is 17.7 Å². The molecule has 1 aliphatic heterocycles. The molecule has 0 fully saturated rings. The number of anilines is 1. The van der Waals surface area contributed by atoms with Gasteiger partial charge in [-0.25, -0.2) is 4.98 Å². The predicted octanol–water partition coefficient (Wildman–Crippen LogP) is -1.01. The number of carboxylic acids is 1. The summed E-state index contributed by atoms with van der Waals surface area (Å²) in [5.74, 6) is -3.84. The van der Waals surface area contributed by atoms with E-state index in [1.54, 1.807) is 12.1 Å². The zero-order valence-corrected chi connectivity index (χ0v) is 21.5. The number of aromatic amines is 1. The average Bonchev–Trinajstić information content (AvgIpc) is 3.56. The number of aldehydes is 1. The Balaban J connectivity index is 1.70. The van der Waals surface area contributed by atoms with Crippen molar-refractivity contribution in [1.82, 2.24) is 36.2 Å². The predicted molar refractivity (Wildman–Crippen MR) is 133 cm³/mol. The molecule has 2 aromatic rings. The number of hydrogen-bond donors (Lipinski definition) is 4. The molecule has 3 amide bonds. The molecule has 0 saturated carbocycles. The third kappa shape index (κ3) is 7.49. The third-order valence-corrected chi connectivity index (χ3v) is 6.55. The number of aromatic nitrogens is 5. The molecule has 2 aromatic heterocycles. The standard InChI is InChI=1S/C24H30N8O7/c1-3-13(2)17(9-16(34)10-19-28-30-31-29-19)23(38)26-11-20(35)32-18(7-14-5-4-6-25-22(14)32)24(39)27-15(12-33)8-21(36)37/h4-6,12-13,15,17-18H,3,7-11H2,1-2H3,(H,26,38)(H,27,39)(H,36,37)(H,28,29,30,31)/t13-,15?,17-,18-/m0/s1. The van der Waals surface area contributed by atoms with Crippen LogP contribution in [0.3, 0.4) is 0 Å². The van der Waals surface area contributed by atoms with Crippen molar-refractivity contribution in [3.8, 4) is 0 Å². The van der Waals surface area contributed by atoms with Crippen molar-refractivity contribution >= 4 is 41.6 Å². The summed E-state index contributed by atoms with van der Waals surface area (Å²) in [6, 6.07) is 0.962. The van der Waals surface area contributed by atoms with Crippen LogP contribution in [0.15, 0.2) is 18.3 Å². The summed E-state index contributed by atoms with van der Waals surface area (Å²) in [4.78, 5) is 79.5. The smallest absolute Gasteiger partial charge is 0.305 e. The minimum Gasteiger partial charge on any atom is -0.481 e. The maximum atomic E-state index is 13.3. The van der Waals surface area contributed by atoms with Gasteiger partial charge in [-0.05, 0) is 17.5 Å². The number of carboxylic acid groups (broad SMARTS) is 1. The van der Waals surface area contributed by atoms with Gasteiger partial charge >= 0.3 is 5.97 Å². The first-order valence-electron chi connectivity index (χ1n) is 12.4. The zero-order chi connectivity index (χ0) is 28.5. The van der Waals surface area contributed by atoms with Crippen LogP contribution in [0.2, 0.25) is 0 Å². The van der Waals surface area contributed by atoms with Crippen molar-refractivity contribution in [2.75, 3.05) is 11.4 Å². The van der Waals surface area contributed by atoms with Gasteiger partial charge in [0, 0.05) is 25.0 Å². The average molecular weight is 543 g/mol. The molecule has 0 saturated heterocycles. The number of Topliss-reactive ketones (excluding diaryl/α,β-unsaturated/α-hetero) is 1. The Labute approximate surface area is 223 Å². The molecule has 208 valence electrons. The van der Waals surface area contributed by atoms with Crippen LogP contribution in [0.5, 0.6) is 0 Å². The lowest BCUT2D eigenvalue weighted by atomic mass is 9.86. The van der Waals surface area contributed by atoms with E-state index in [0.717, 1.165) is 4.90 Å². The number of rotatable bonds is 14. The Morgan fingerprint density at radius 1 is 1.26 bits per heavy atom. The Hall–Kier alpha value is -4.56. The summed E-state index contributed by atoms with van der Waals surface area (Å²) >= 11 is 0. The lowest BCUT2D eigenvalue weighted by molar-refractivity contribution is -0.139. The highest BCUT2D eigenvalue weighted by Gasteiger charge is 2.40. The molecule has 4 atom stereocenters. The minimum atomic E-state index is -1.27. The first kappa shape index (κ1) is 29.0. The molecule has 0 spiro atoms. The fourth-order valence-corrected chi connectivity index (χ4v) is 4.32. The van der Waals surface area contributed by atoms with Gasteiger partial charge in [0.15, 0.2) is 5.82 Å². The molecule has 3 rings (SSSR count). The highest BCUT2D eigenvalue weighted by atomic mass is 16.4. The second-order valence-corrected chi connectivity index (χ2v) is 9.28. The Kier molecular flexibility index (Phi) is 9.89. The Bertz CT molecular complexity index is 1220. The number of pyridine rings is 1. The van der Waals surface area contributed by atoms with E-state index in [2.05, 4.69) is 36.2 Å². The highest BCUT2D eigenvalue weighted by molar-refractivity contribution is 6.05. The van der Waals surface area contributed by atoms with Gasteiger partial charge in [-0.1, -0.05) is 31.5 Å². The number of nitrogens with one attached hydrogen (secondary N) is 3. The monoisotopic (exact) mass is 542 g/mol. The van der Waals surface area contributed by atoms with Crippen LogP contribution in [-0.4, -0.2) is 85.1 Å². The van der Waals surface area contributed by atoms with E-state index < -0.39 is 54.7 Å². The van der Waals surface area contributed by atoms with Gasteiger partial charge in [-0.3, -0.25) is 28.9 Å². The van der Waals surface area contributed by atoms with E-state index in [1.807, 2.05) is 13.8 Å². The number of carbonyl (C=O) groups excluding carboxylic acids is 5. The van der Waals surface area contributed by atoms with Gasteiger partial charge < -0.3 is 20.5 Å². The van der Waals surface area contributed by atoms with Crippen molar-refractivity contribution in [3.05, 3.63) is 29.7 Å². The molecule has 1 unspecified atom stereocenters. The molecule has 15 nitrogen and oxygen atoms in total. The van der Waals surface area contributed by atoms with E-state index in [9.17, 15) is 28.8 Å². The largest absolute Gasteiger partial charge is 0.481 e. The molecule has 3 heterocycles. The van der Waals surface area contributed by atoms with Crippen LogP contribution < -0.4 is 15.5 Å². The molecular weight excluding hydrogens is 512 g/mol. The molecule has 0 aliphatic carbocycles. The molecule has 39 heavy (non-hydrogen) atoms. The molecule has 0 bridgehead atoms. The number of ketones is 1.